The van der Waals surface area contributed by atoms with Gasteiger partial charge in [0.15, 0.2) is 5.82 Å². The molecule has 5 atom stereocenters. The van der Waals surface area contributed by atoms with Crippen LogP contribution in [0, 0.1) is 23.2 Å². The number of likely N-dealkylation sites (N-methyl/N-ethyl adjacent to an activating group) is 1. The van der Waals surface area contributed by atoms with Gasteiger partial charge in [0.25, 0.3) is 12.4 Å². The van der Waals surface area contributed by atoms with Gasteiger partial charge in [0.1, 0.15) is 37.8 Å². The second-order valence-corrected chi connectivity index (χ2v) is 30.8. The van der Waals surface area contributed by atoms with Crippen LogP contribution in [0.1, 0.15) is 108 Å². The normalized spacial score (nSPS) is 23.3. The largest absolute Gasteiger partial charge is 0.483 e. The van der Waals surface area contributed by atoms with Crippen LogP contribution in [0.15, 0.2) is 60.8 Å². The number of piperidine rings is 2. The molecule has 20 heteroatoms. The Balaban J connectivity index is 0.00000240. The fourth-order valence-electron chi connectivity index (χ4n) is 15.1. The summed E-state index contributed by atoms with van der Waals surface area (Å²) in [6.07, 6.45) is 6.90. The predicted octanol–water partition coefficient (Wildman–Crippen LogP) is 7.47. The molecule has 7 aliphatic rings. The summed E-state index contributed by atoms with van der Waals surface area (Å²) in [6, 6.07) is 18.6. The lowest BCUT2D eigenvalue weighted by Crippen LogP contribution is -2.54. The number of fused-ring (bicyclic) bond motifs is 5. The molecule has 7 aliphatic heterocycles. The number of aromatic nitrogens is 3. The van der Waals surface area contributed by atoms with Gasteiger partial charge in [0.05, 0.1) is 5.39 Å². The van der Waals surface area contributed by atoms with Gasteiger partial charge in [-0.15, -0.1) is 5.54 Å². The standard InChI is InChI=1S/C63H78FN11O5Si.CH2O2/c1-38(2)81(39(3)4,40(5)6)29-22-42-11-8-10-41-12-9-13-51(55(41)42)57-56(64)58-52(32-65-57)59(74-34-45-14-15-46(35-74)66-45)69-63(68-58)80-37-49-31-48(36-70(49)7)72-25-27-73(28-26-72)61(78)43-20-23-71(24-21-43)47-16-17-50-44(30-47)33-75(62(50)79)53-18-19-54(76)67-60(53)77;2-1-3/h8-13,16-17,30,32,38-40,43,45-46,48-49,53,66H,14-15,18-21,23-28,31,33-37H2,1-7H3,(H,67,76,77);1H,(H,2,3)/t45?,46?,48-,49-,53?;/m0./s1. The van der Waals surface area contributed by atoms with Crippen molar-refractivity contribution in [1.82, 2.24) is 45.2 Å². The first-order chi connectivity index (χ1) is 40.5. The van der Waals surface area contributed by atoms with E-state index in [4.69, 9.17) is 29.6 Å². The van der Waals surface area contributed by atoms with E-state index in [-0.39, 0.29) is 59.8 Å². The second-order valence-electron chi connectivity index (χ2n) is 25.2. The predicted molar refractivity (Wildman–Crippen MR) is 325 cm³/mol. The van der Waals surface area contributed by atoms with Crippen LogP contribution in [0.4, 0.5) is 15.9 Å². The number of carbonyl (C=O) groups excluding carboxylic acids is 4. The lowest BCUT2D eigenvalue weighted by Gasteiger charge is -2.40. The quantitative estimate of drug-likeness (QED) is 0.0481. The van der Waals surface area contributed by atoms with E-state index in [9.17, 15) is 19.2 Å². The number of benzene rings is 3. The highest BCUT2D eigenvalue weighted by Gasteiger charge is 2.43. The average Bonchev–Trinajstić information content (AvgIpc) is 2.81. The number of carboxylic acid groups (broad SMARTS) is 1. The summed E-state index contributed by atoms with van der Waals surface area (Å²) in [6.45, 7) is 21.2. The van der Waals surface area contributed by atoms with E-state index in [1.807, 2.05) is 36.4 Å². The van der Waals surface area contributed by atoms with E-state index < -0.39 is 25.8 Å². The van der Waals surface area contributed by atoms with Crippen LogP contribution in [0.2, 0.25) is 16.6 Å². The van der Waals surface area contributed by atoms with Crippen molar-refractivity contribution >= 4 is 71.4 Å². The maximum absolute atomic E-state index is 17.7. The molecule has 6 fully saturated rings. The first-order valence-electron chi connectivity index (χ1n) is 30.3. The summed E-state index contributed by atoms with van der Waals surface area (Å²) in [7, 11) is 0.0686. The zero-order valence-corrected chi connectivity index (χ0v) is 50.6. The number of piperazine rings is 2. The fraction of sp³-hybridized carbons (Fsp3) is 0.531. The number of likely N-dealkylation sites (tertiary alicyclic amines) is 1. The highest BCUT2D eigenvalue weighted by atomic mass is 28.3. The molecule has 12 rings (SSSR count). The molecule has 0 aliphatic carbocycles. The highest BCUT2D eigenvalue weighted by molar-refractivity contribution is 6.90. The van der Waals surface area contributed by atoms with Crippen LogP contribution in [0.3, 0.4) is 0 Å². The summed E-state index contributed by atoms with van der Waals surface area (Å²) in [5.74, 6) is 3.16. The molecule has 6 saturated heterocycles. The molecule has 0 saturated carbocycles. The van der Waals surface area contributed by atoms with Gasteiger partial charge in [-0.05, 0) is 97.4 Å². The maximum Gasteiger partial charge on any atom is 0.319 e. The molecule has 18 nitrogen and oxygen atoms in total. The number of amides is 4. The second kappa shape index (κ2) is 24.5. The molecule has 84 heavy (non-hydrogen) atoms. The summed E-state index contributed by atoms with van der Waals surface area (Å²) in [4.78, 5) is 88.0. The van der Waals surface area contributed by atoms with Gasteiger partial charge >= 0.3 is 6.01 Å². The third kappa shape index (κ3) is 11.4. The molecule has 5 aromatic rings. The molecular weight excluding hydrogens is 1080 g/mol. The van der Waals surface area contributed by atoms with Gasteiger partial charge in [-0.3, -0.25) is 44.1 Å². The number of hydrogen-bond donors (Lipinski definition) is 3. The lowest BCUT2D eigenvalue weighted by atomic mass is 9.94. The van der Waals surface area contributed by atoms with Crippen LogP contribution >= 0.6 is 0 Å². The summed E-state index contributed by atoms with van der Waals surface area (Å²) >= 11 is 0. The van der Waals surface area contributed by atoms with Crippen LogP contribution in [0.5, 0.6) is 6.01 Å². The van der Waals surface area contributed by atoms with E-state index >= 15 is 4.39 Å². The van der Waals surface area contributed by atoms with Gasteiger partial charge in [0.2, 0.25) is 17.7 Å². The Bertz CT molecular complexity index is 3370. The van der Waals surface area contributed by atoms with Crippen molar-refractivity contribution in [3.8, 4) is 28.7 Å². The first kappa shape index (κ1) is 58.7. The lowest BCUT2D eigenvalue weighted by molar-refractivity contribution is -0.138. The third-order valence-corrected chi connectivity index (χ3v) is 25.8. The Morgan fingerprint density at radius 2 is 1.55 bits per heavy atom. The van der Waals surface area contributed by atoms with Gasteiger partial charge in [-0.25, -0.2) is 4.39 Å². The van der Waals surface area contributed by atoms with Crippen molar-refractivity contribution in [1.29, 1.82) is 0 Å². The minimum Gasteiger partial charge on any atom is -0.483 e. The molecule has 444 valence electrons. The monoisotopic (exact) mass is 1160 g/mol. The van der Waals surface area contributed by atoms with Crippen molar-refractivity contribution in [2.24, 2.45) is 5.92 Å². The molecule has 3 aromatic carbocycles. The van der Waals surface area contributed by atoms with Crippen LogP contribution in [0.25, 0.3) is 32.9 Å². The van der Waals surface area contributed by atoms with Crippen molar-refractivity contribution in [3.05, 3.63) is 83.3 Å². The van der Waals surface area contributed by atoms with E-state index in [2.05, 4.69) is 113 Å². The molecule has 2 aromatic heterocycles. The molecule has 2 bridgehead atoms. The number of anilines is 2. The molecule has 3 N–H and O–H groups in total. The maximum atomic E-state index is 17.7. The fourth-order valence-corrected chi connectivity index (χ4v) is 20.3. The minimum absolute atomic E-state index is 0.0380. The third-order valence-electron chi connectivity index (χ3n) is 19.5. The van der Waals surface area contributed by atoms with Gasteiger partial charge < -0.3 is 34.8 Å². The van der Waals surface area contributed by atoms with E-state index in [1.54, 1.807) is 11.1 Å². The molecule has 9 heterocycles. The van der Waals surface area contributed by atoms with Crippen LogP contribution in [-0.2, 0) is 25.7 Å². The zero-order valence-electron chi connectivity index (χ0n) is 49.6. The first-order valence-corrected chi connectivity index (χ1v) is 32.6. The Labute approximate surface area is 492 Å². The van der Waals surface area contributed by atoms with Crippen LogP contribution < -0.4 is 25.2 Å². The number of pyridine rings is 1. The average molecular weight is 1160 g/mol. The van der Waals surface area contributed by atoms with Crippen molar-refractivity contribution < 1.29 is 38.2 Å². The minimum atomic E-state index is -2.07. The van der Waals surface area contributed by atoms with Crippen LogP contribution in [-0.4, -0.2) is 181 Å². The molecule has 3 unspecified atom stereocenters. The smallest absolute Gasteiger partial charge is 0.319 e. The van der Waals surface area contributed by atoms with Crippen molar-refractivity contribution in [2.75, 3.05) is 82.4 Å². The number of halogens is 1. The summed E-state index contributed by atoms with van der Waals surface area (Å²) in [5.41, 5.74) is 9.84. The number of imide groups is 1. The zero-order chi connectivity index (χ0) is 59.1. The SMILES string of the molecule is CC(C)[Si](C#Cc1cccc2cccc(-c3ncc4c(N5CC6CCC(C5)N6)nc(OC[C@@H]5C[C@H](N6CCN(C(=O)C7CCN(c8ccc9c(c8)CN(C8CCC(=O)NC8=O)C9=O)CC7)CC6)CN5C)nc4c3F)c12)(C(C)C)C(C)C.O=CO. The molecule has 4 amide bonds. The Hall–Kier alpha value is -7.05. The Kier molecular flexibility index (Phi) is 17.1. The van der Waals surface area contributed by atoms with E-state index in [0.717, 1.165) is 106 Å². The molecule has 0 spiro atoms. The number of ether oxygens (including phenoxy) is 1. The summed E-state index contributed by atoms with van der Waals surface area (Å²) in [5, 5.41) is 15.4. The number of rotatable bonds is 12. The number of nitrogens with zero attached hydrogens (tertiary/aromatic N) is 9. The number of hydrogen-bond acceptors (Lipinski definition) is 14. The highest BCUT2D eigenvalue weighted by Crippen LogP contribution is 2.42. The van der Waals surface area contributed by atoms with Gasteiger partial charge in [0, 0.05) is 136 Å². The number of nitrogens with one attached hydrogen (secondary N) is 2. The van der Waals surface area contributed by atoms with Crippen molar-refractivity contribution in [3.63, 3.8) is 0 Å². The summed E-state index contributed by atoms with van der Waals surface area (Å²) < 4.78 is 24.3. The number of carbonyl (C=O) groups is 5. The molecule has 0 radical (unpaired) electrons. The van der Waals surface area contributed by atoms with Crippen molar-refractivity contribution in [2.45, 2.75) is 140 Å². The topological polar surface area (TPSA) is 197 Å². The van der Waals surface area contributed by atoms with Gasteiger partial charge in [-0.1, -0.05) is 77.8 Å². The Morgan fingerprint density at radius 1 is 0.857 bits per heavy atom. The Morgan fingerprint density at radius 3 is 2.23 bits per heavy atom. The molecular formula is C64H80FN11O7Si. The van der Waals surface area contributed by atoms with E-state index in [1.165, 1.54) is 0 Å². The van der Waals surface area contributed by atoms with E-state index in [0.29, 0.717) is 89.7 Å². The van der Waals surface area contributed by atoms with Gasteiger partial charge in [-0.2, -0.15) is 9.97 Å².